The number of aryl methyl sites for hydroxylation is 4. The minimum atomic E-state index is -3.50. The summed E-state index contributed by atoms with van der Waals surface area (Å²) in [7, 11) is -3.50. The number of nitrogens with zero attached hydrogens (tertiary/aromatic N) is 3. The van der Waals surface area contributed by atoms with Gasteiger partial charge in [-0.3, -0.25) is 9.10 Å². The van der Waals surface area contributed by atoms with Crippen molar-refractivity contribution in [1.82, 2.24) is 9.99 Å². The van der Waals surface area contributed by atoms with Gasteiger partial charge in [-0.25, -0.2) is 13.8 Å². The van der Waals surface area contributed by atoms with Crippen molar-refractivity contribution in [1.29, 1.82) is 0 Å². The molecular weight excluding hydrogens is 508 g/mol. The van der Waals surface area contributed by atoms with Crippen molar-refractivity contribution >= 4 is 27.8 Å². The molecule has 0 saturated carbocycles. The maximum Gasteiger partial charge on any atom is 0.271 e. The molecule has 4 aromatic rings. The van der Waals surface area contributed by atoms with Crippen LogP contribution >= 0.6 is 0 Å². The second kappa shape index (κ2) is 11.3. The molecule has 3 aromatic carbocycles. The van der Waals surface area contributed by atoms with Gasteiger partial charge in [-0.1, -0.05) is 30.3 Å². The zero-order valence-corrected chi connectivity index (χ0v) is 24.0. The van der Waals surface area contributed by atoms with E-state index in [0.717, 1.165) is 39.3 Å². The highest BCUT2D eigenvalue weighted by molar-refractivity contribution is 7.92. The molecule has 4 rings (SSSR count). The zero-order chi connectivity index (χ0) is 28.3. The molecule has 1 aromatic heterocycles. The van der Waals surface area contributed by atoms with Crippen molar-refractivity contribution in [2.24, 2.45) is 5.10 Å². The molecule has 0 atom stereocenters. The van der Waals surface area contributed by atoms with Crippen molar-refractivity contribution in [3.8, 4) is 5.69 Å². The molecule has 8 heteroatoms. The van der Waals surface area contributed by atoms with Gasteiger partial charge < -0.3 is 4.57 Å². The van der Waals surface area contributed by atoms with Crippen LogP contribution in [0.4, 0.5) is 5.69 Å². The Hall–Kier alpha value is -4.17. The van der Waals surface area contributed by atoms with E-state index in [2.05, 4.69) is 40.2 Å². The number of rotatable bonds is 8. The average Bonchev–Trinajstić information content (AvgIpc) is 3.16. The van der Waals surface area contributed by atoms with E-state index in [0.29, 0.717) is 11.3 Å². The molecule has 1 heterocycles. The quantitative estimate of drug-likeness (QED) is 0.227. The number of carbonyl (C=O) groups excluding carboxylic acids is 1. The van der Waals surface area contributed by atoms with Crippen LogP contribution in [0.15, 0.2) is 77.9 Å². The minimum Gasteiger partial charge on any atom is -0.318 e. The SMILES string of the molecule is Cc1cccc(-n2c(C)cc(/C=N/NC(=O)c3ccc(CN(c4ccc(C)c(C)c4)S(C)(=O)=O)cc3)c2C)c1. The lowest BCUT2D eigenvalue weighted by molar-refractivity contribution is 0.0955. The molecule has 0 saturated heterocycles. The number of benzene rings is 3. The van der Waals surface area contributed by atoms with Crippen LogP contribution in [0.5, 0.6) is 0 Å². The van der Waals surface area contributed by atoms with E-state index in [4.69, 9.17) is 0 Å². The summed E-state index contributed by atoms with van der Waals surface area (Å²) in [4.78, 5) is 12.7. The molecule has 39 heavy (non-hydrogen) atoms. The molecule has 0 aliphatic rings. The first-order valence-corrected chi connectivity index (χ1v) is 14.5. The summed E-state index contributed by atoms with van der Waals surface area (Å²) in [5.74, 6) is -0.348. The molecule has 0 bridgehead atoms. The monoisotopic (exact) mass is 542 g/mol. The average molecular weight is 543 g/mol. The van der Waals surface area contributed by atoms with Gasteiger partial charge in [0.1, 0.15) is 0 Å². The van der Waals surface area contributed by atoms with E-state index >= 15 is 0 Å². The van der Waals surface area contributed by atoms with Crippen molar-refractivity contribution < 1.29 is 13.2 Å². The molecule has 1 N–H and O–H groups in total. The van der Waals surface area contributed by atoms with E-state index < -0.39 is 10.0 Å². The standard InChI is InChI=1S/C31H34N4O3S/c1-21-8-7-9-30(16-21)35-24(4)18-28(25(35)5)19-32-33-31(36)27-13-11-26(12-14-27)20-34(39(6,37)38)29-15-10-22(2)23(3)17-29/h7-19H,20H2,1-6H3,(H,33,36)/b32-19+. The van der Waals surface area contributed by atoms with Crippen LogP contribution in [0, 0.1) is 34.6 Å². The summed E-state index contributed by atoms with van der Waals surface area (Å²) in [6.45, 7) is 10.2. The van der Waals surface area contributed by atoms with Gasteiger partial charge in [0.2, 0.25) is 10.0 Å². The van der Waals surface area contributed by atoms with Gasteiger partial charge >= 0.3 is 0 Å². The number of sulfonamides is 1. The first-order valence-electron chi connectivity index (χ1n) is 12.7. The maximum absolute atomic E-state index is 12.7. The Balaban J connectivity index is 1.45. The lowest BCUT2D eigenvalue weighted by Gasteiger charge is -2.23. The lowest BCUT2D eigenvalue weighted by Crippen LogP contribution is -2.29. The number of amides is 1. The highest BCUT2D eigenvalue weighted by Crippen LogP contribution is 2.24. The summed E-state index contributed by atoms with van der Waals surface area (Å²) in [5, 5.41) is 4.18. The maximum atomic E-state index is 12.7. The Labute approximate surface area is 230 Å². The van der Waals surface area contributed by atoms with Crippen molar-refractivity contribution in [3.05, 3.63) is 118 Å². The van der Waals surface area contributed by atoms with E-state index in [9.17, 15) is 13.2 Å². The van der Waals surface area contributed by atoms with E-state index in [1.54, 1.807) is 30.5 Å². The van der Waals surface area contributed by atoms with Crippen LogP contribution in [-0.2, 0) is 16.6 Å². The van der Waals surface area contributed by atoms with Crippen molar-refractivity contribution in [2.75, 3.05) is 10.6 Å². The Morgan fingerprint density at radius 1 is 0.923 bits per heavy atom. The van der Waals surface area contributed by atoms with Crippen LogP contribution in [0.1, 0.15) is 49.6 Å². The molecule has 0 spiro atoms. The number of carbonyl (C=O) groups is 1. The normalized spacial score (nSPS) is 11.6. The summed E-state index contributed by atoms with van der Waals surface area (Å²) < 4.78 is 28.6. The van der Waals surface area contributed by atoms with Crippen LogP contribution in [-0.4, -0.2) is 31.4 Å². The topological polar surface area (TPSA) is 83.8 Å². The molecule has 0 aliphatic heterocycles. The Morgan fingerprint density at radius 3 is 2.28 bits per heavy atom. The van der Waals surface area contributed by atoms with Crippen LogP contribution in [0.2, 0.25) is 0 Å². The van der Waals surface area contributed by atoms with Crippen molar-refractivity contribution in [3.63, 3.8) is 0 Å². The van der Waals surface area contributed by atoms with Gasteiger partial charge in [0.15, 0.2) is 0 Å². The largest absolute Gasteiger partial charge is 0.318 e. The summed E-state index contributed by atoms with van der Waals surface area (Å²) in [6, 6.07) is 22.8. The number of anilines is 1. The van der Waals surface area contributed by atoms with Crippen LogP contribution in [0.25, 0.3) is 5.69 Å². The van der Waals surface area contributed by atoms with Crippen molar-refractivity contribution in [2.45, 2.75) is 41.2 Å². The molecule has 0 fully saturated rings. The number of hydrazone groups is 1. The van der Waals surface area contributed by atoms with Crippen LogP contribution in [0.3, 0.4) is 0 Å². The predicted molar refractivity (Wildman–Crippen MR) is 158 cm³/mol. The van der Waals surface area contributed by atoms with Gasteiger partial charge in [0.05, 0.1) is 24.7 Å². The molecular formula is C31H34N4O3S. The number of nitrogens with one attached hydrogen (secondary N) is 1. The molecule has 0 unspecified atom stereocenters. The number of hydrogen-bond acceptors (Lipinski definition) is 4. The molecule has 0 radical (unpaired) electrons. The Bertz CT molecular complexity index is 1650. The molecule has 1 amide bonds. The van der Waals surface area contributed by atoms with Gasteiger partial charge in [0, 0.05) is 28.2 Å². The molecule has 7 nitrogen and oxygen atoms in total. The van der Waals surface area contributed by atoms with E-state index in [1.807, 2.05) is 58.0 Å². The fraction of sp³-hybridized carbons (Fsp3) is 0.226. The van der Waals surface area contributed by atoms with E-state index in [1.165, 1.54) is 16.1 Å². The van der Waals surface area contributed by atoms with Gasteiger partial charge in [0.25, 0.3) is 5.91 Å². The summed E-state index contributed by atoms with van der Waals surface area (Å²) in [5.41, 5.74) is 11.8. The number of hydrogen-bond donors (Lipinski definition) is 1. The zero-order valence-electron chi connectivity index (χ0n) is 23.2. The lowest BCUT2D eigenvalue weighted by atomic mass is 10.1. The highest BCUT2D eigenvalue weighted by atomic mass is 32.2. The minimum absolute atomic E-state index is 0.165. The third kappa shape index (κ3) is 6.46. The third-order valence-corrected chi connectivity index (χ3v) is 7.96. The summed E-state index contributed by atoms with van der Waals surface area (Å²) in [6.07, 6.45) is 2.84. The second-order valence-corrected chi connectivity index (χ2v) is 11.8. The smallest absolute Gasteiger partial charge is 0.271 e. The number of aromatic nitrogens is 1. The molecule has 0 aliphatic carbocycles. The third-order valence-electron chi connectivity index (χ3n) is 6.82. The first kappa shape index (κ1) is 27.9. The fourth-order valence-electron chi connectivity index (χ4n) is 4.52. The first-order chi connectivity index (χ1) is 18.4. The van der Waals surface area contributed by atoms with E-state index in [-0.39, 0.29) is 12.5 Å². The fourth-order valence-corrected chi connectivity index (χ4v) is 5.40. The second-order valence-electron chi connectivity index (χ2n) is 9.94. The Kier molecular flexibility index (Phi) is 8.06. The van der Waals surface area contributed by atoms with Gasteiger partial charge in [-0.05, 0) is 99.3 Å². The summed E-state index contributed by atoms with van der Waals surface area (Å²) >= 11 is 0. The predicted octanol–water partition coefficient (Wildman–Crippen LogP) is 5.75. The molecule has 202 valence electrons. The van der Waals surface area contributed by atoms with Crippen LogP contribution < -0.4 is 9.73 Å². The highest BCUT2D eigenvalue weighted by Gasteiger charge is 2.19. The Morgan fingerprint density at radius 2 is 1.64 bits per heavy atom. The van der Waals surface area contributed by atoms with Gasteiger partial charge in [-0.2, -0.15) is 5.10 Å². The van der Waals surface area contributed by atoms with Gasteiger partial charge in [-0.15, -0.1) is 0 Å².